The molecule has 1 aromatic carbocycles. The van der Waals surface area contributed by atoms with Crippen molar-refractivity contribution in [3.8, 4) is 5.75 Å². The van der Waals surface area contributed by atoms with Crippen molar-refractivity contribution in [3.05, 3.63) is 63.6 Å². The van der Waals surface area contributed by atoms with Gasteiger partial charge in [0.15, 0.2) is 5.78 Å². The molecule has 1 heterocycles. The van der Waals surface area contributed by atoms with Crippen LogP contribution in [0.4, 0.5) is 5.69 Å². The van der Waals surface area contributed by atoms with Gasteiger partial charge in [-0.2, -0.15) is 0 Å². The average Bonchev–Trinajstić information content (AvgIpc) is 3.30. The number of ether oxygens (including phenoxy) is 1. The standard InChI is InChI=1S/C18H17NO5/c1-12-10-15(6-8-17(12)19(21)22)23-11-16-5-4-14(24-16)7-9-18(20)13-2-3-13/h4-10,13H,2-3,11H2,1H3/b9-7+. The molecule has 1 fully saturated rings. The van der Waals surface area contributed by atoms with Crippen LogP contribution in [0, 0.1) is 23.0 Å². The van der Waals surface area contributed by atoms with E-state index in [0.29, 0.717) is 22.8 Å². The first-order chi connectivity index (χ1) is 11.5. The van der Waals surface area contributed by atoms with Crippen molar-refractivity contribution in [1.82, 2.24) is 0 Å². The van der Waals surface area contributed by atoms with Crippen molar-refractivity contribution in [1.29, 1.82) is 0 Å². The van der Waals surface area contributed by atoms with Crippen LogP contribution in [0.3, 0.4) is 0 Å². The Morgan fingerprint density at radius 2 is 2.17 bits per heavy atom. The van der Waals surface area contributed by atoms with E-state index in [1.807, 2.05) is 0 Å². The molecule has 0 saturated heterocycles. The lowest BCUT2D eigenvalue weighted by Gasteiger charge is -2.05. The number of hydrogen-bond acceptors (Lipinski definition) is 5. The minimum atomic E-state index is -0.423. The summed E-state index contributed by atoms with van der Waals surface area (Å²) in [7, 11) is 0. The third kappa shape index (κ3) is 3.90. The molecular weight excluding hydrogens is 310 g/mol. The molecule has 0 aliphatic heterocycles. The number of aryl methyl sites for hydroxylation is 1. The predicted octanol–water partition coefficient (Wildman–Crippen LogP) is 4.07. The molecule has 24 heavy (non-hydrogen) atoms. The highest BCUT2D eigenvalue weighted by atomic mass is 16.6. The zero-order valence-corrected chi connectivity index (χ0v) is 13.2. The van der Waals surface area contributed by atoms with Gasteiger partial charge in [-0.1, -0.05) is 0 Å². The van der Waals surface area contributed by atoms with Crippen molar-refractivity contribution in [2.45, 2.75) is 26.4 Å². The van der Waals surface area contributed by atoms with E-state index in [1.54, 1.807) is 43.3 Å². The lowest BCUT2D eigenvalue weighted by Crippen LogP contribution is -1.96. The molecule has 6 heteroatoms. The summed E-state index contributed by atoms with van der Waals surface area (Å²) in [6.07, 6.45) is 5.19. The largest absolute Gasteiger partial charge is 0.486 e. The van der Waals surface area contributed by atoms with Gasteiger partial charge in [-0.25, -0.2) is 0 Å². The van der Waals surface area contributed by atoms with Crippen LogP contribution in [0.15, 0.2) is 40.8 Å². The van der Waals surface area contributed by atoms with Crippen LogP contribution in [0.1, 0.15) is 29.9 Å². The van der Waals surface area contributed by atoms with Crippen molar-refractivity contribution in [2.75, 3.05) is 0 Å². The molecule has 0 spiro atoms. The summed E-state index contributed by atoms with van der Waals surface area (Å²) in [5.41, 5.74) is 0.604. The van der Waals surface area contributed by atoms with Gasteiger partial charge in [-0.3, -0.25) is 14.9 Å². The second kappa shape index (κ2) is 6.70. The molecule has 0 amide bonds. The lowest BCUT2D eigenvalue weighted by atomic mass is 10.2. The van der Waals surface area contributed by atoms with Gasteiger partial charge in [0.25, 0.3) is 5.69 Å². The van der Waals surface area contributed by atoms with Crippen molar-refractivity contribution < 1.29 is 18.9 Å². The van der Waals surface area contributed by atoms with E-state index >= 15 is 0 Å². The minimum absolute atomic E-state index is 0.0631. The van der Waals surface area contributed by atoms with Gasteiger partial charge in [0.2, 0.25) is 0 Å². The lowest BCUT2D eigenvalue weighted by molar-refractivity contribution is -0.385. The van der Waals surface area contributed by atoms with E-state index in [2.05, 4.69) is 0 Å². The van der Waals surface area contributed by atoms with E-state index in [9.17, 15) is 14.9 Å². The third-order valence-electron chi connectivity index (χ3n) is 3.82. The Kier molecular flexibility index (Phi) is 4.46. The molecule has 0 N–H and O–H groups in total. The molecule has 0 unspecified atom stereocenters. The number of hydrogen-bond donors (Lipinski definition) is 0. The maximum atomic E-state index is 11.6. The first-order valence-electron chi connectivity index (χ1n) is 7.71. The Hall–Kier alpha value is -2.89. The van der Waals surface area contributed by atoms with Crippen LogP contribution in [0.2, 0.25) is 0 Å². The van der Waals surface area contributed by atoms with Crippen molar-refractivity contribution in [2.24, 2.45) is 5.92 Å². The molecule has 1 saturated carbocycles. The van der Waals surface area contributed by atoms with Crippen LogP contribution in [-0.4, -0.2) is 10.7 Å². The summed E-state index contributed by atoms with van der Waals surface area (Å²) in [6.45, 7) is 1.87. The maximum Gasteiger partial charge on any atom is 0.272 e. The SMILES string of the molecule is Cc1cc(OCc2ccc(/C=C/C(=O)C3CC3)o2)ccc1[N+](=O)[O-]. The highest BCUT2D eigenvalue weighted by Gasteiger charge is 2.27. The number of furan rings is 1. The Morgan fingerprint density at radius 1 is 1.38 bits per heavy atom. The van der Waals surface area contributed by atoms with Crippen LogP contribution >= 0.6 is 0 Å². The van der Waals surface area contributed by atoms with E-state index in [4.69, 9.17) is 9.15 Å². The van der Waals surface area contributed by atoms with Crippen LogP contribution in [0.5, 0.6) is 5.75 Å². The van der Waals surface area contributed by atoms with Crippen LogP contribution < -0.4 is 4.74 Å². The number of carbonyl (C=O) groups excluding carboxylic acids is 1. The molecule has 1 aliphatic carbocycles. The topological polar surface area (TPSA) is 82.6 Å². The number of nitro groups is 1. The monoisotopic (exact) mass is 327 g/mol. The zero-order chi connectivity index (χ0) is 17.1. The van der Waals surface area contributed by atoms with Gasteiger partial charge in [-0.05, 0) is 56.2 Å². The normalized spacial score (nSPS) is 14.0. The molecule has 3 rings (SSSR count). The van der Waals surface area contributed by atoms with Crippen LogP contribution in [-0.2, 0) is 11.4 Å². The Morgan fingerprint density at radius 3 is 2.83 bits per heavy atom. The summed E-state index contributed by atoms with van der Waals surface area (Å²) in [4.78, 5) is 22.0. The number of ketones is 1. The van der Waals surface area contributed by atoms with Gasteiger partial charge in [-0.15, -0.1) is 0 Å². The number of benzene rings is 1. The molecule has 1 aliphatic rings. The Balaban J connectivity index is 1.58. The fourth-order valence-electron chi connectivity index (χ4n) is 2.31. The first kappa shape index (κ1) is 16.0. The van der Waals surface area contributed by atoms with E-state index in [1.165, 1.54) is 6.07 Å². The van der Waals surface area contributed by atoms with Crippen molar-refractivity contribution in [3.63, 3.8) is 0 Å². The smallest absolute Gasteiger partial charge is 0.272 e. The quantitative estimate of drug-likeness (QED) is 0.435. The summed E-state index contributed by atoms with van der Waals surface area (Å²) in [5, 5.41) is 10.8. The first-order valence-corrected chi connectivity index (χ1v) is 7.71. The molecule has 0 bridgehead atoms. The van der Waals surface area contributed by atoms with Gasteiger partial charge in [0.1, 0.15) is 23.9 Å². The summed E-state index contributed by atoms with van der Waals surface area (Å²) < 4.78 is 11.2. The van der Waals surface area contributed by atoms with Gasteiger partial charge < -0.3 is 9.15 Å². The molecule has 0 radical (unpaired) electrons. The molecule has 0 atom stereocenters. The fourth-order valence-corrected chi connectivity index (χ4v) is 2.31. The second-order valence-electron chi connectivity index (χ2n) is 5.81. The fraction of sp³-hybridized carbons (Fsp3) is 0.278. The number of nitrogens with zero attached hydrogens (tertiary/aromatic N) is 1. The summed E-state index contributed by atoms with van der Waals surface area (Å²) in [5.74, 6) is 2.09. The number of nitro benzene ring substituents is 1. The van der Waals surface area contributed by atoms with Gasteiger partial charge in [0.05, 0.1) is 4.92 Å². The van der Waals surface area contributed by atoms with Crippen molar-refractivity contribution >= 4 is 17.5 Å². The van der Waals surface area contributed by atoms with E-state index in [0.717, 1.165) is 12.8 Å². The predicted molar refractivity (Wildman–Crippen MR) is 87.6 cm³/mol. The maximum absolute atomic E-state index is 11.6. The van der Waals surface area contributed by atoms with E-state index < -0.39 is 4.92 Å². The average molecular weight is 327 g/mol. The molecule has 124 valence electrons. The summed E-state index contributed by atoms with van der Waals surface area (Å²) >= 11 is 0. The third-order valence-corrected chi connectivity index (χ3v) is 3.82. The highest BCUT2D eigenvalue weighted by molar-refractivity contribution is 5.96. The van der Waals surface area contributed by atoms with Crippen LogP contribution in [0.25, 0.3) is 6.08 Å². The molecule has 1 aromatic heterocycles. The highest BCUT2D eigenvalue weighted by Crippen LogP contribution is 2.30. The number of carbonyl (C=O) groups is 1. The number of allylic oxidation sites excluding steroid dienone is 1. The summed E-state index contributed by atoms with van der Waals surface area (Å²) in [6, 6.07) is 8.15. The van der Waals surface area contributed by atoms with E-state index in [-0.39, 0.29) is 24.0 Å². The minimum Gasteiger partial charge on any atom is -0.486 e. The molecule has 6 nitrogen and oxygen atoms in total. The van der Waals surface area contributed by atoms with Gasteiger partial charge in [0, 0.05) is 17.5 Å². The Bertz CT molecular complexity index is 801. The van der Waals surface area contributed by atoms with Gasteiger partial charge >= 0.3 is 0 Å². The zero-order valence-electron chi connectivity index (χ0n) is 13.2. The number of rotatable bonds is 7. The second-order valence-corrected chi connectivity index (χ2v) is 5.81. The Labute approximate surface area is 138 Å². The molecular formula is C18H17NO5. The molecule has 2 aromatic rings.